The third kappa shape index (κ3) is 4.29. The Hall–Kier alpha value is -2.16. The number of rotatable bonds is 6. The first kappa shape index (κ1) is 20.6. The zero-order chi connectivity index (χ0) is 20.5. The van der Waals surface area contributed by atoms with Gasteiger partial charge in [0.25, 0.3) is 0 Å². The maximum Gasteiger partial charge on any atom is 0.248 e. The molecule has 1 aliphatic rings. The third-order valence-electron chi connectivity index (χ3n) is 4.13. The molecule has 0 bridgehead atoms. The number of ether oxygens (including phenoxy) is 2. The molecule has 1 aliphatic heterocycles. The predicted molar refractivity (Wildman–Crippen MR) is 109 cm³/mol. The first-order valence-electron chi connectivity index (χ1n) is 8.35. The molecule has 1 N–H and O–H groups in total. The van der Waals surface area contributed by atoms with E-state index in [0.717, 1.165) is 10.6 Å². The highest BCUT2D eigenvalue weighted by Crippen LogP contribution is 2.35. The summed E-state index contributed by atoms with van der Waals surface area (Å²) in [5.41, 5.74) is 0.722. The molecule has 0 aromatic heterocycles. The Morgan fingerprint density at radius 3 is 2.50 bits per heavy atom. The Kier molecular flexibility index (Phi) is 5.92. The van der Waals surface area contributed by atoms with E-state index in [-0.39, 0.29) is 28.9 Å². The van der Waals surface area contributed by atoms with E-state index >= 15 is 0 Å². The highest BCUT2D eigenvalue weighted by molar-refractivity contribution is 7.92. The third-order valence-corrected chi connectivity index (χ3v) is 6.05. The molecule has 1 heterocycles. The summed E-state index contributed by atoms with van der Waals surface area (Å²) in [5, 5.41) is 3.21. The summed E-state index contributed by atoms with van der Waals surface area (Å²) in [6, 6.07) is 8.37. The number of nitrogens with one attached hydrogen (secondary N) is 1. The minimum absolute atomic E-state index is 0.115. The molecule has 0 unspecified atom stereocenters. The number of sulfonamides is 1. The van der Waals surface area contributed by atoms with E-state index < -0.39 is 22.0 Å². The van der Waals surface area contributed by atoms with Gasteiger partial charge in [-0.15, -0.1) is 0 Å². The van der Waals surface area contributed by atoms with E-state index in [1.807, 2.05) is 0 Å². The standard InChI is InChI=1S/C18H18Cl2N2O5S/c1-3-15(18(23)21-11-4-7-16-17(8-11)27-10-26-16)22(28(2,24)25)12-5-6-13(19)14(20)9-12/h4-9,15H,3,10H2,1-2H3,(H,21,23)/t15-/m1/s1. The van der Waals surface area contributed by atoms with Crippen LogP contribution in [0.15, 0.2) is 36.4 Å². The largest absolute Gasteiger partial charge is 0.454 e. The van der Waals surface area contributed by atoms with Crippen molar-refractivity contribution in [3.05, 3.63) is 46.4 Å². The molecule has 2 aromatic carbocycles. The van der Waals surface area contributed by atoms with Gasteiger partial charge in [-0.25, -0.2) is 8.42 Å². The molecular weight excluding hydrogens is 427 g/mol. The molecule has 1 amide bonds. The van der Waals surface area contributed by atoms with E-state index in [9.17, 15) is 13.2 Å². The number of carbonyl (C=O) groups excluding carboxylic acids is 1. The number of anilines is 2. The fourth-order valence-electron chi connectivity index (χ4n) is 2.88. The monoisotopic (exact) mass is 444 g/mol. The second-order valence-electron chi connectivity index (χ2n) is 6.14. The zero-order valence-corrected chi connectivity index (χ0v) is 17.4. The molecule has 0 fully saturated rings. The quantitative estimate of drug-likeness (QED) is 0.729. The maximum absolute atomic E-state index is 12.9. The minimum atomic E-state index is -3.78. The van der Waals surface area contributed by atoms with Gasteiger partial charge in [0, 0.05) is 11.8 Å². The maximum atomic E-state index is 12.9. The van der Waals surface area contributed by atoms with Crippen LogP contribution in [0.1, 0.15) is 13.3 Å². The second kappa shape index (κ2) is 8.06. The lowest BCUT2D eigenvalue weighted by molar-refractivity contribution is -0.117. The summed E-state index contributed by atoms with van der Waals surface area (Å²) in [5.74, 6) is 0.603. The summed E-state index contributed by atoms with van der Waals surface area (Å²) in [7, 11) is -3.78. The van der Waals surface area contributed by atoms with Crippen LogP contribution in [0.3, 0.4) is 0 Å². The summed E-state index contributed by atoms with van der Waals surface area (Å²) in [6.07, 6.45) is 1.27. The Morgan fingerprint density at radius 2 is 1.86 bits per heavy atom. The van der Waals surface area contributed by atoms with Crippen LogP contribution >= 0.6 is 23.2 Å². The summed E-state index contributed by atoms with van der Waals surface area (Å²) in [6.45, 7) is 1.84. The van der Waals surface area contributed by atoms with Crippen molar-refractivity contribution in [2.45, 2.75) is 19.4 Å². The van der Waals surface area contributed by atoms with Crippen molar-refractivity contribution in [1.29, 1.82) is 0 Å². The Balaban J connectivity index is 1.91. The van der Waals surface area contributed by atoms with E-state index in [1.165, 1.54) is 18.2 Å². The number of hydrogen-bond donors (Lipinski definition) is 1. The topological polar surface area (TPSA) is 84.9 Å². The lowest BCUT2D eigenvalue weighted by Gasteiger charge is -2.30. The van der Waals surface area contributed by atoms with Crippen molar-refractivity contribution in [1.82, 2.24) is 0 Å². The van der Waals surface area contributed by atoms with Gasteiger partial charge >= 0.3 is 0 Å². The van der Waals surface area contributed by atoms with Gasteiger partial charge in [-0.05, 0) is 36.8 Å². The van der Waals surface area contributed by atoms with Crippen molar-refractivity contribution in [2.75, 3.05) is 22.7 Å². The second-order valence-corrected chi connectivity index (χ2v) is 8.81. The smallest absolute Gasteiger partial charge is 0.248 e. The minimum Gasteiger partial charge on any atom is -0.454 e. The molecule has 3 rings (SSSR count). The van der Waals surface area contributed by atoms with E-state index in [1.54, 1.807) is 25.1 Å². The normalized spacial score (nSPS) is 13.9. The van der Waals surface area contributed by atoms with Gasteiger partial charge in [0.2, 0.25) is 22.7 Å². The summed E-state index contributed by atoms with van der Waals surface area (Å²) < 4.78 is 36.5. The molecule has 0 saturated carbocycles. The molecule has 1 atom stereocenters. The van der Waals surface area contributed by atoms with Crippen LogP contribution in [0.5, 0.6) is 11.5 Å². The van der Waals surface area contributed by atoms with E-state index in [4.69, 9.17) is 32.7 Å². The van der Waals surface area contributed by atoms with Crippen LogP contribution in [0.4, 0.5) is 11.4 Å². The molecule has 150 valence electrons. The van der Waals surface area contributed by atoms with Crippen LogP contribution in [0, 0.1) is 0 Å². The van der Waals surface area contributed by atoms with Gasteiger partial charge < -0.3 is 14.8 Å². The first-order valence-corrected chi connectivity index (χ1v) is 11.0. The zero-order valence-electron chi connectivity index (χ0n) is 15.1. The van der Waals surface area contributed by atoms with Crippen LogP contribution in [-0.2, 0) is 14.8 Å². The van der Waals surface area contributed by atoms with E-state index in [2.05, 4.69) is 5.32 Å². The molecule has 0 saturated heterocycles. The Bertz CT molecular complexity index is 1010. The van der Waals surface area contributed by atoms with Gasteiger partial charge in [-0.1, -0.05) is 30.1 Å². The van der Waals surface area contributed by atoms with Crippen LogP contribution in [0.2, 0.25) is 10.0 Å². The molecular formula is C18H18Cl2N2O5S. The van der Waals surface area contributed by atoms with Crippen molar-refractivity contribution < 1.29 is 22.7 Å². The number of fused-ring (bicyclic) bond motifs is 1. The molecule has 28 heavy (non-hydrogen) atoms. The molecule has 7 nitrogen and oxygen atoms in total. The van der Waals surface area contributed by atoms with Gasteiger partial charge in [0.15, 0.2) is 11.5 Å². The molecule has 10 heteroatoms. The Morgan fingerprint density at radius 1 is 1.14 bits per heavy atom. The lowest BCUT2D eigenvalue weighted by atomic mass is 10.1. The van der Waals surface area contributed by atoms with Gasteiger partial charge in [0.1, 0.15) is 6.04 Å². The SMILES string of the molecule is CC[C@H](C(=O)Nc1ccc2c(c1)OCO2)N(c1ccc(Cl)c(Cl)c1)S(C)(=O)=O. The number of carbonyl (C=O) groups is 1. The van der Waals surface area contributed by atoms with Crippen molar-refractivity contribution in [3.63, 3.8) is 0 Å². The van der Waals surface area contributed by atoms with Crippen LogP contribution in [0.25, 0.3) is 0 Å². The lowest BCUT2D eigenvalue weighted by Crippen LogP contribution is -2.47. The highest BCUT2D eigenvalue weighted by Gasteiger charge is 2.32. The first-order chi connectivity index (χ1) is 13.2. The van der Waals surface area contributed by atoms with Crippen LogP contribution in [-0.4, -0.2) is 33.4 Å². The molecule has 2 aromatic rings. The van der Waals surface area contributed by atoms with E-state index in [0.29, 0.717) is 17.2 Å². The number of benzene rings is 2. The average Bonchev–Trinajstić information content (AvgIpc) is 3.08. The fraction of sp³-hybridized carbons (Fsp3) is 0.278. The summed E-state index contributed by atoms with van der Waals surface area (Å²) in [4.78, 5) is 12.9. The van der Waals surface area contributed by atoms with Gasteiger partial charge in [-0.3, -0.25) is 9.10 Å². The van der Waals surface area contributed by atoms with Crippen molar-refractivity contribution in [2.24, 2.45) is 0 Å². The number of halogens is 2. The van der Waals surface area contributed by atoms with Gasteiger partial charge in [0.05, 0.1) is 22.0 Å². The Labute approximate surface area is 173 Å². The summed E-state index contributed by atoms with van der Waals surface area (Å²) >= 11 is 12.0. The number of hydrogen-bond acceptors (Lipinski definition) is 5. The molecule has 0 spiro atoms. The van der Waals surface area contributed by atoms with Crippen molar-refractivity contribution in [3.8, 4) is 11.5 Å². The molecule has 0 aliphatic carbocycles. The highest BCUT2D eigenvalue weighted by atomic mass is 35.5. The number of amides is 1. The predicted octanol–water partition coefficient (Wildman–Crippen LogP) is 3.91. The average molecular weight is 445 g/mol. The van der Waals surface area contributed by atoms with Gasteiger partial charge in [-0.2, -0.15) is 0 Å². The van der Waals surface area contributed by atoms with Crippen molar-refractivity contribution >= 4 is 50.5 Å². The fourth-order valence-corrected chi connectivity index (χ4v) is 4.38. The van der Waals surface area contributed by atoms with Crippen LogP contribution < -0.4 is 19.1 Å². The number of nitrogens with zero attached hydrogens (tertiary/aromatic N) is 1. The molecule has 0 radical (unpaired) electrons.